The molecule has 12 heavy (non-hydrogen) atoms. The zero-order valence-electron chi connectivity index (χ0n) is 7.76. The van der Waals surface area contributed by atoms with E-state index in [-0.39, 0.29) is 11.3 Å². The van der Waals surface area contributed by atoms with Gasteiger partial charge in [0.2, 0.25) is 0 Å². The Labute approximate surface area is 73.2 Å². The molecule has 2 heteroatoms. The van der Waals surface area contributed by atoms with Gasteiger partial charge in [-0.2, -0.15) is 5.26 Å². The van der Waals surface area contributed by atoms with Gasteiger partial charge in [-0.1, -0.05) is 20.8 Å². The number of hydrogen-bond donors (Lipinski definition) is 1. The normalized spacial score (nSPS) is 13.8. The van der Waals surface area contributed by atoms with Gasteiger partial charge in [0.1, 0.15) is 0 Å². The summed E-state index contributed by atoms with van der Waals surface area (Å²) >= 11 is 0. The van der Waals surface area contributed by atoms with Crippen LogP contribution < -0.4 is 0 Å². The van der Waals surface area contributed by atoms with E-state index in [4.69, 9.17) is 5.26 Å². The van der Waals surface area contributed by atoms with Crippen LogP contribution in [0.5, 0.6) is 0 Å². The fraction of sp³-hybridized carbons (Fsp3) is 0.500. The molecule has 0 bridgehead atoms. The van der Waals surface area contributed by atoms with Crippen LogP contribution in [-0.4, -0.2) is 4.98 Å². The summed E-state index contributed by atoms with van der Waals surface area (Å²) in [6.07, 6.45) is 3.74. The second-order valence-corrected chi connectivity index (χ2v) is 4.07. The summed E-state index contributed by atoms with van der Waals surface area (Å²) in [5.74, 6) is -0.0243. The van der Waals surface area contributed by atoms with E-state index in [1.165, 1.54) is 0 Å². The largest absolute Gasteiger partial charge is 0.367 e. The summed E-state index contributed by atoms with van der Waals surface area (Å²) in [5, 5.41) is 8.97. The second-order valence-electron chi connectivity index (χ2n) is 4.07. The number of nitrogens with zero attached hydrogens (tertiary/aromatic N) is 1. The maximum atomic E-state index is 8.97. The maximum Gasteiger partial charge on any atom is 0.0775 e. The van der Waals surface area contributed by atoms with E-state index in [1.54, 1.807) is 0 Å². The molecule has 0 saturated carbocycles. The summed E-state index contributed by atoms with van der Waals surface area (Å²) in [5.41, 5.74) is 1.08. The lowest BCUT2D eigenvalue weighted by Gasteiger charge is -2.23. The standard InChI is InChI=1S/C10H14N2/c1-10(2,3)9(6-11)8-4-5-12-7-8/h4-5,7,9,12H,1-3H3. The van der Waals surface area contributed by atoms with Crippen LogP contribution in [0.25, 0.3) is 0 Å². The third-order valence-corrected chi connectivity index (χ3v) is 1.95. The molecule has 0 fully saturated rings. The van der Waals surface area contributed by atoms with Crippen molar-refractivity contribution < 1.29 is 0 Å². The molecule has 1 heterocycles. The first-order valence-electron chi connectivity index (χ1n) is 4.08. The van der Waals surface area contributed by atoms with Crippen molar-refractivity contribution in [3.8, 4) is 6.07 Å². The predicted octanol–water partition coefficient (Wildman–Crippen LogP) is 2.67. The quantitative estimate of drug-likeness (QED) is 0.677. The Balaban J connectivity index is 2.94. The Hall–Kier alpha value is -1.23. The molecular formula is C10H14N2. The molecule has 0 aliphatic rings. The molecule has 2 nitrogen and oxygen atoms in total. The molecule has 64 valence electrons. The highest BCUT2D eigenvalue weighted by Gasteiger charge is 2.25. The topological polar surface area (TPSA) is 39.6 Å². The van der Waals surface area contributed by atoms with E-state index in [0.717, 1.165) is 5.56 Å². The van der Waals surface area contributed by atoms with E-state index in [0.29, 0.717) is 0 Å². The van der Waals surface area contributed by atoms with E-state index in [2.05, 4.69) is 31.8 Å². The number of nitriles is 1. The average Bonchev–Trinajstić information content (AvgIpc) is 2.38. The molecule has 1 atom stereocenters. The fourth-order valence-electron chi connectivity index (χ4n) is 1.28. The lowest BCUT2D eigenvalue weighted by molar-refractivity contribution is 0.373. The average molecular weight is 162 g/mol. The first-order valence-corrected chi connectivity index (χ1v) is 4.08. The van der Waals surface area contributed by atoms with Crippen molar-refractivity contribution >= 4 is 0 Å². The highest BCUT2D eigenvalue weighted by Crippen LogP contribution is 2.33. The number of aromatic amines is 1. The smallest absolute Gasteiger partial charge is 0.0775 e. The molecule has 1 aromatic heterocycles. The van der Waals surface area contributed by atoms with E-state index >= 15 is 0 Å². The molecule has 1 aromatic rings. The van der Waals surface area contributed by atoms with Gasteiger partial charge in [-0.25, -0.2) is 0 Å². The second kappa shape index (κ2) is 3.02. The minimum Gasteiger partial charge on any atom is -0.367 e. The zero-order valence-corrected chi connectivity index (χ0v) is 7.76. The Morgan fingerprint density at radius 3 is 2.50 bits per heavy atom. The van der Waals surface area contributed by atoms with Gasteiger partial charge in [0.25, 0.3) is 0 Å². The van der Waals surface area contributed by atoms with Gasteiger partial charge in [0, 0.05) is 12.4 Å². The SMILES string of the molecule is CC(C)(C)C(C#N)c1cc[nH]c1. The van der Waals surface area contributed by atoms with Gasteiger partial charge in [-0.05, 0) is 17.0 Å². The van der Waals surface area contributed by atoms with Gasteiger partial charge in [-0.15, -0.1) is 0 Å². The van der Waals surface area contributed by atoms with Crippen molar-refractivity contribution in [2.75, 3.05) is 0 Å². The van der Waals surface area contributed by atoms with E-state index in [1.807, 2.05) is 18.5 Å². The van der Waals surface area contributed by atoms with Gasteiger partial charge in [-0.3, -0.25) is 0 Å². The van der Waals surface area contributed by atoms with Crippen LogP contribution in [0.15, 0.2) is 18.5 Å². The molecule has 0 saturated heterocycles. The molecule has 0 aromatic carbocycles. The highest BCUT2D eigenvalue weighted by molar-refractivity contribution is 5.24. The van der Waals surface area contributed by atoms with Crippen molar-refractivity contribution in [2.45, 2.75) is 26.7 Å². The highest BCUT2D eigenvalue weighted by atomic mass is 14.6. The molecule has 0 amide bonds. The maximum absolute atomic E-state index is 8.97. The Morgan fingerprint density at radius 2 is 2.17 bits per heavy atom. The summed E-state index contributed by atoms with van der Waals surface area (Å²) in [6.45, 7) is 6.23. The van der Waals surface area contributed by atoms with Crippen LogP contribution in [-0.2, 0) is 0 Å². The van der Waals surface area contributed by atoms with Crippen molar-refractivity contribution in [2.24, 2.45) is 5.41 Å². The third kappa shape index (κ3) is 1.68. The van der Waals surface area contributed by atoms with Crippen LogP contribution in [0, 0.1) is 16.7 Å². The molecular weight excluding hydrogens is 148 g/mol. The Morgan fingerprint density at radius 1 is 1.50 bits per heavy atom. The minimum absolute atomic E-state index is 0.0109. The van der Waals surface area contributed by atoms with Gasteiger partial charge in [0.05, 0.1) is 12.0 Å². The first kappa shape index (κ1) is 8.86. The molecule has 1 unspecified atom stereocenters. The monoisotopic (exact) mass is 162 g/mol. The van der Waals surface area contributed by atoms with Crippen molar-refractivity contribution in [1.82, 2.24) is 4.98 Å². The van der Waals surface area contributed by atoms with Crippen molar-refractivity contribution in [3.63, 3.8) is 0 Å². The number of aromatic nitrogens is 1. The van der Waals surface area contributed by atoms with Gasteiger partial charge < -0.3 is 4.98 Å². The van der Waals surface area contributed by atoms with E-state index in [9.17, 15) is 0 Å². The lowest BCUT2D eigenvalue weighted by Crippen LogP contribution is -2.16. The Bertz CT molecular complexity index is 272. The fourth-order valence-corrected chi connectivity index (χ4v) is 1.28. The summed E-state index contributed by atoms with van der Waals surface area (Å²) < 4.78 is 0. The van der Waals surface area contributed by atoms with Crippen LogP contribution in [0.2, 0.25) is 0 Å². The van der Waals surface area contributed by atoms with Crippen LogP contribution in [0.1, 0.15) is 32.3 Å². The molecule has 0 aliphatic carbocycles. The van der Waals surface area contributed by atoms with Gasteiger partial charge in [0.15, 0.2) is 0 Å². The zero-order chi connectivity index (χ0) is 9.19. The third-order valence-electron chi connectivity index (χ3n) is 1.95. The molecule has 0 spiro atoms. The molecule has 1 rings (SSSR count). The molecule has 1 N–H and O–H groups in total. The molecule has 0 aliphatic heterocycles. The minimum atomic E-state index is -0.0243. The predicted molar refractivity (Wildman–Crippen MR) is 48.6 cm³/mol. The van der Waals surface area contributed by atoms with Crippen LogP contribution >= 0.6 is 0 Å². The van der Waals surface area contributed by atoms with Crippen molar-refractivity contribution in [3.05, 3.63) is 24.0 Å². The van der Waals surface area contributed by atoms with Gasteiger partial charge >= 0.3 is 0 Å². The van der Waals surface area contributed by atoms with Crippen LogP contribution in [0.4, 0.5) is 0 Å². The first-order chi connectivity index (χ1) is 5.55. The molecule has 0 radical (unpaired) electrons. The van der Waals surface area contributed by atoms with E-state index < -0.39 is 0 Å². The van der Waals surface area contributed by atoms with Crippen LogP contribution in [0.3, 0.4) is 0 Å². The number of H-pyrrole nitrogens is 1. The summed E-state index contributed by atoms with van der Waals surface area (Å²) in [4.78, 5) is 2.97. The lowest BCUT2D eigenvalue weighted by atomic mass is 9.78. The number of rotatable bonds is 1. The number of hydrogen-bond acceptors (Lipinski definition) is 1. The summed E-state index contributed by atoms with van der Waals surface area (Å²) in [6, 6.07) is 4.28. The Kier molecular flexibility index (Phi) is 2.23. The number of nitrogens with one attached hydrogen (secondary N) is 1. The summed E-state index contributed by atoms with van der Waals surface area (Å²) in [7, 11) is 0. The van der Waals surface area contributed by atoms with Crippen molar-refractivity contribution in [1.29, 1.82) is 5.26 Å².